The van der Waals surface area contributed by atoms with Crippen molar-refractivity contribution in [1.29, 1.82) is 0 Å². The molecule has 1 aromatic heterocycles. The van der Waals surface area contributed by atoms with E-state index < -0.39 is 11.6 Å². The van der Waals surface area contributed by atoms with Crippen LogP contribution >= 0.6 is 23.2 Å². The highest BCUT2D eigenvalue weighted by Crippen LogP contribution is 2.23. The van der Waals surface area contributed by atoms with Crippen molar-refractivity contribution in [3.63, 3.8) is 0 Å². The fraction of sp³-hybridized carbons (Fsp3) is 0.368. The zero-order valence-corrected chi connectivity index (χ0v) is 16.5. The summed E-state index contributed by atoms with van der Waals surface area (Å²) >= 11 is 11.7. The van der Waals surface area contributed by atoms with Crippen LogP contribution in [0.3, 0.4) is 0 Å². The van der Waals surface area contributed by atoms with E-state index in [9.17, 15) is 19.2 Å². The molecule has 0 unspecified atom stereocenters. The Morgan fingerprint density at radius 2 is 1.86 bits per heavy atom. The van der Waals surface area contributed by atoms with Gasteiger partial charge in [-0.15, -0.1) is 0 Å². The normalized spacial score (nSPS) is 13.1. The third-order valence-corrected chi connectivity index (χ3v) is 5.46. The Balaban J connectivity index is 1.61. The molecule has 0 spiro atoms. The summed E-state index contributed by atoms with van der Waals surface area (Å²) in [6.45, 7) is -0.0723. The van der Waals surface area contributed by atoms with Crippen LogP contribution in [0.1, 0.15) is 40.9 Å². The van der Waals surface area contributed by atoms with Crippen LogP contribution in [0.5, 0.6) is 0 Å². The molecule has 0 bridgehead atoms. The van der Waals surface area contributed by atoms with Gasteiger partial charge in [0.05, 0.1) is 10.0 Å². The quantitative estimate of drug-likeness (QED) is 0.694. The van der Waals surface area contributed by atoms with Gasteiger partial charge in [0.25, 0.3) is 5.56 Å². The zero-order valence-electron chi connectivity index (χ0n) is 15.0. The summed E-state index contributed by atoms with van der Waals surface area (Å²) in [6, 6.07) is 4.60. The molecule has 9 heteroatoms. The molecule has 2 N–H and O–H groups in total. The summed E-state index contributed by atoms with van der Waals surface area (Å²) in [7, 11) is 0. The Morgan fingerprint density at radius 3 is 2.61 bits per heavy atom. The number of nitrogens with one attached hydrogen (secondary N) is 2. The van der Waals surface area contributed by atoms with E-state index in [1.165, 1.54) is 10.6 Å². The summed E-state index contributed by atoms with van der Waals surface area (Å²) in [4.78, 5) is 50.7. The number of Topliss-reactive ketones (excluding diaryl/α,β-unsaturated/α-hetero) is 1. The monoisotopic (exact) mass is 423 g/mol. The smallest absolute Gasteiger partial charge is 0.329 e. The predicted molar refractivity (Wildman–Crippen MR) is 106 cm³/mol. The zero-order chi connectivity index (χ0) is 20.3. The van der Waals surface area contributed by atoms with Crippen molar-refractivity contribution in [2.24, 2.45) is 0 Å². The van der Waals surface area contributed by atoms with E-state index in [0.717, 1.165) is 12.8 Å². The van der Waals surface area contributed by atoms with Gasteiger partial charge in [0, 0.05) is 29.8 Å². The Morgan fingerprint density at radius 1 is 1.11 bits per heavy atom. The Bertz CT molecular complexity index is 1040. The molecule has 0 saturated heterocycles. The maximum absolute atomic E-state index is 12.2. The Kier molecular flexibility index (Phi) is 6.36. The minimum absolute atomic E-state index is 0.0856. The summed E-state index contributed by atoms with van der Waals surface area (Å²) in [5.41, 5.74) is 0.654. The first-order chi connectivity index (χ1) is 13.4. The molecule has 28 heavy (non-hydrogen) atoms. The molecule has 1 heterocycles. The van der Waals surface area contributed by atoms with Crippen molar-refractivity contribution in [2.75, 3.05) is 6.54 Å². The van der Waals surface area contributed by atoms with Crippen LogP contribution in [0.15, 0.2) is 27.8 Å². The largest absolute Gasteiger partial charge is 0.354 e. The van der Waals surface area contributed by atoms with Crippen LogP contribution in [-0.2, 0) is 24.2 Å². The summed E-state index contributed by atoms with van der Waals surface area (Å²) in [5, 5.41) is 3.29. The number of carbonyl (C=O) groups is 2. The molecule has 0 aliphatic heterocycles. The van der Waals surface area contributed by atoms with Crippen molar-refractivity contribution in [2.45, 2.75) is 38.6 Å². The number of H-pyrrole nitrogens is 1. The van der Waals surface area contributed by atoms with E-state index in [-0.39, 0.29) is 30.9 Å². The van der Waals surface area contributed by atoms with E-state index in [2.05, 4.69) is 10.3 Å². The first kappa shape index (κ1) is 20.4. The van der Waals surface area contributed by atoms with Crippen LogP contribution in [-0.4, -0.2) is 27.8 Å². The number of aromatic nitrogens is 2. The average Bonchev–Trinajstić information content (AvgIpc) is 2.67. The van der Waals surface area contributed by atoms with E-state index in [1.54, 1.807) is 12.1 Å². The fourth-order valence-electron chi connectivity index (χ4n) is 3.29. The highest BCUT2D eigenvalue weighted by Gasteiger charge is 2.19. The van der Waals surface area contributed by atoms with Gasteiger partial charge < -0.3 is 5.32 Å². The van der Waals surface area contributed by atoms with Gasteiger partial charge in [0.1, 0.15) is 6.54 Å². The number of ketones is 1. The van der Waals surface area contributed by atoms with Crippen molar-refractivity contribution in [3.8, 4) is 0 Å². The molecule has 1 aliphatic carbocycles. The molecular weight excluding hydrogens is 405 g/mol. The standard InChI is InChI=1S/C19H19Cl2N3O4/c20-13-6-5-11(9-14(13)21)16(25)7-8-22-17(26)10-24-15-4-2-1-3-12(15)18(27)23-19(24)28/h5-6,9H,1-4,7-8,10H2,(H,22,26)(H,23,27,28). The predicted octanol–water partition coefficient (Wildman–Crippen LogP) is 2.11. The van der Waals surface area contributed by atoms with Gasteiger partial charge in [-0.1, -0.05) is 23.2 Å². The third kappa shape index (κ3) is 4.54. The van der Waals surface area contributed by atoms with Gasteiger partial charge in [-0.05, 0) is 43.9 Å². The van der Waals surface area contributed by atoms with Gasteiger partial charge in [-0.3, -0.25) is 23.9 Å². The molecule has 0 radical (unpaired) electrons. The number of nitrogens with zero attached hydrogens (tertiary/aromatic N) is 1. The minimum Gasteiger partial charge on any atom is -0.354 e. The number of halogens is 2. The molecule has 1 aromatic carbocycles. The van der Waals surface area contributed by atoms with Crippen LogP contribution < -0.4 is 16.6 Å². The number of benzene rings is 1. The molecule has 148 valence electrons. The van der Waals surface area contributed by atoms with Crippen LogP contribution in [0.4, 0.5) is 0 Å². The van der Waals surface area contributed by atoms with E-state index in [0.29, 0.717) is 39.7 Å². The Hall–Kier alpha value is -2.38. The number of rotatable bonds is 6. The summed E-state index contributed by atoms with van der Waals surface area (Å²) in [5.74, 6) is -0.582. The van der Waals surface area contributed by atoms with E-state index in [1.807, 2.05) is 0 Å². The maximum Gasteiger partial charge on any atom is 0.329 e. The SMILES string of the molecule is O=C(Cn1c2c(c(=O)[nH]c1=O)CCCC2)NCCC(=O)c1ccc(Cl)c(Cl)c1. The maximum atomic E-state index is 12.2. The lowest BCUT2D eigenvalue weighted by atomic mass is 9.97. The first-order valence-electron chi connectivity index (χ1n) is 8.96. The lowest BCUT2D eigenvalue weighted by Crippen LogP contribution is -2.40. The number of carbonyl (C=O) groups excluding carboxylic acids is 2. The second kappa shape index (κ2) is 8.75. The summed E-state index contributed by atoms with van der Waals surface area (Å²) < 4.78 is 1.31. The second-order valence-corrected chi connectivity index (χ2v) is 7.44. The van der Waals surface area contributed by atoms with Crippen LogP contribution in [0, 0.1) is 0 Å². The number of hydrogen-bond donors (Lipinski definition) is 2. The van der Waals surface area contributed by atoms with Crippen molar-refractivity contribution in [1.82, 2.24) is 14.9 Å². The number of aromatic amines is 1. The lowest BCUT2D eigenvalue weighted by molar-refractivity contribution is -0.121. The van der Waals surface area contributed by atoms with Crippen molar-refractivity contribution < 1.29 is 9.59 Å². The molecular formula is C19H19Cl2N3O4. The molecule has 3 rings (SSSR count). The van der Waals surface area contributed by atoms with Crippen molar-refractivity contribution in [3.05, 3.63) is 65.9 Å². The molecule has 0 fully saturated rings. The average molecular weight is 424 g/mol. The van der Waals surface area contributed by atoms with Crippen molar-refractivity contribution >= 4 is 34.9 Å². The topological polar surface area (TPSA) is 101 Å². The second-order valence-electron chi connectivity index (χ2n) is 6.63. The first-order valence-corrected chi connectivity index (χ1v) is 9.72. The highest BCUT2D eigenvalue weighted by atomic mass is 35.5. The lowest BCUT2D eigenvalue weighted by Gasteiger charge is -2.19. The molecule has 2 aromatic rings. The third-order valence-electron chi connectivity index (χ3n) is 4.72. The van der Waals surface area contributed by atoms with Gasteiger partial charge in [-0.2, -0.15) is 0 Å². The highest BCUT2D eigenvalue weighted by molar-refractivity contribution is 6.42. The molecule has 1 aliphatic rings. The molecule has 0 saturated carbocycles. The fourth-order valence-corrected chi connectivity index (χ4v) is 3.59. The van der Waals surface area contributed by atoms with Crippen LogP contribution in [0.2, 0.25) is 10.0 Å². The number of fused-ring (bicyclic) bond motifs is 1. The summed E-state index contributed by atoms with van der Waals surface area (Å²) in [6.07, 6.45) is 3.04. The van der Waals surface area contributed by atoms with Crippen LogP contribution in [0.25, 0.3) is 0 Å². The van der Waals surface area contributed by atoms with Gasteiger partial charge in [0.15, 0.2) is 5.78 Å². The number of hydrogen-bond acceptors (Lipinski definition) is 4. The van der Waals surface area contributed by atoms with Gasteiger partial charge in [0.2, 0.25) is 5.91 Å². The Labute approximate surface area is 170 Å². The van der Waals surface area contributed by atoms with Gasteiger partial charge >= 0.3 is 5.69 Å². The molecule has 1 amide bonds. The minimum atomic E-state index is -0.590. The van der Waals surface area contributed by atoms with E-state index in [4.69, 9.17) is 23.2 Å². The van der Waals surface area contributed by atoms with Gasteiger partial charge in [-0.25, -0.2) is 4.79 Å². The number of amides is 1. The molecule has 0 atom stereocenters. The molecule has 7 nitrogen and oxygen atoms in total. The van der Waals surface area contributed by atoms with E-state index >= 15 is 0 Å².